The van der Waals surface area contributed by atoms with E-state index in [9.17, 15) is 18.0 Å². The predicted molar refractivity (Wildman–Crippen MR) is 86.7 cm³/mol. The van der Waals surface area contributed by atoms with Gasteiger partial charge in [0, 0.05) is 13.1 Å². The van der Waals surface area contributed by atoms with E-state index in [2.05, 4.69) is 11.9 Å². The van der Waals surface area contributed by atoms with Crippen molar-refractivity contribution < 1.29 is 18.0 Å². The molecular formula is C14H16ClN3O4S. The molecule has 23 heavy (non-hydrogen) atoms. The standard InChI is InChI=1S/C14H16ClN3O4S/c1-4-17(5-2)23(21,22)12-8-10(6-7-11(12)15)18-9(3)13(19)16-14(18)20/h6-8H,3-5H2,1-2H3,(H,16,19,20). The number of hydrogen-bond donors (Lipinski definition) is 1. The van der Waals surface area contributed by atoms with Crippen LogP contribution < -0.4 is 10.2 Å². The summed E-state index contributed by atoms with van der Waals surface area (Å²) in [5.74, 6) is -0.627. The van der Waals surface area contributed by atoms with Gasteiger partial charge in [0.1, 0.15) is 10.6 Å². The van der Waals surface area contributed by atoms with Crippen LogP contribution in [0.4, 0.5) is 10.5 Å². The lowest BCUT2D eigenvalue weighted by Gasteiger charge is -2.21. The van der Waals surface area contributed by atoms with Gasteiger partial charge in [0.15, 0.2) is 0 Å². The Morgan fingerprint density at radius 2 is 1.87 bits per heavy atom. The van der Waals surface area contributed by atoms with Crippen molar-refractivity contribution in [1.29, 1.82) is 0 Å². The first-order valence-corrected chi connectivity index (χ1v) is 8.69. The van der Waals surface area contributed by atoms with Crippen molar-refractivity contribution in [2.45, 2.75) is 18.7 Å². The highest BCUT2D eigenvalue weighted by atomic mass is 35.5. The summed E-state index contributed by atoms with van der Waals surface area (Å²) in [5, 5.41) is 2.13. The number of anilines is 1. The van der Waals surface area contributed by atoms with E-state index in [1.54, 1.807) is 13.8 Å². The molecule has 9 heteroatoms. The molecule has 2 rings (SSSR count). The molecule has 1 N–H and O–H groups in total. The fourth-order valence-corrected chi connectivity index (χ4v) is 4.21. The van der Waals surface area contributed by atoms with Gasteiger partial charge in [-0.1, -0.05) is 32.0 Å². The van der Waals surface area contributed by atoms with Gasteiger partial charge in [0.05, 0.1) is 10.7 Å². The van der Waals surface area contributed by atoms with E-state index in [0.717, 1.165) is 4.90 Å². The molecule has 0 bridgehead atoms. The molecule has 0 radical (unpaired) electrons. The molecule has 1 saturated heterocycles. The summed E-state index contributed by atoms with van der Waals surface area (Å²) in [6.45, 7) is 7.53. The van der Waals surface area contributed by atoms with Gasteiger partial charge in [-0.2, -0.15) is 4.31 Å². The van der Waals surface area contributed by atoms with Crippen molar-refractivity contribution in [3.05, 3.63) is 35.5 Å². The second-order valence-electron chi connectivity index (χ2n) is 4.75. The van der Waals surface area contributed by atoms with Crippen molar-refractivity contribution in [2.75, 3.05) is 18.0 Å². The molecule has 1 aliphatic rings. The number of sulfonamides is 1. The minimum absolute atomic E-state index is 0.0391. The second-order valence-corrected chi connectivity index (χ2v) is 7.06. The number of nitrogens with one attached hydrogen (secondary N) is 1. The Labute approximate surface area is 139 Å². The van der Waals surface area contributed by atoms with Crippen LogP contribution in [-0.2, 0) is 14.8 Å². The minimum atomic E-state index is -3.80. The van der Waals surface area contributed by atoms with E-state index in [0.29, 0.717) is 0 Å². The third-order valence-electron chi connectivity index (χ3n) is 3.45. The second kappa shape index (κ2) is 6.31. The zero-order chi connectivity index (χ0) is 17.4. The van der Waals surface area contributed by atoms with Gasteiger partial charge in [-0.05, 0) is 18.2 Å². The molecule has 1 aromatic rings. The zero-order valence-electron chi connectivity index (χ0n) is 12.7. The maximum atomic E-state index is 12.6. The highest BCUT2D eigenvalue weighted by molar-refractivity contribution is 7.89. The highest BCUT2D eigenvalue weighted by Crippen LogP contribution is 2.31. The van der Waals surface area contributed by atoms with Crippen LogP contribution in [0.15, 0.2) is 35.4 Å². The van der Waals surface area contributed by atoms with Gasteiger partial charge in [0.2, 0.25) is 10.0 Å². The number of nitrogens with zero attached hydrogens (tertiary/aromatic N) is 2. The Kier molecular flexibility index (Phi) is 4.79. The lowest BCUT2D eigenvalue weighted by molar-refractivity contribution is -0.115. The molecule has 124 valence electrons. The quantitative estimate of drug-likeness (QED) is 0.644. The molecule has 0 saturated carbocycles. The first kappa shape index (κ1) is 17.5. The molecule has 3 amide bonds. The van der Waals surface area contributed by atoms with E-state index < -0.39 is 22.0 Å². The van der Waals surface area contributed by atoms with Crippen molar-refractivity contribution in [2.24, 2.45) is 0 Å². The minimum Gasteiger partial charge on any atom is -0.272 e. The van der Waals surface area contributed by atoms with Crippen LogP contribution in [0.1, 0.15) is 13.8 Å². The molecule has 0 unspecified atom stereocenters. The third kappa shape index (κ3) is 2.97. The maximum Gasteiger partial charge on any atom is 0.333 e. The van der Waals surface area contributed by atoms with Crippen LogP contribution in [0.5, 0.6) is 0 Å². The molecule has 1 aliphatic heterocycles. The molecule has 0 aromatic heterocycles. The summed E-state index contributed by atoms with van der Waals surface area (Å²) in [6.07, 6.45) is 0. The van der Waals surface area contributed by atoms with E-state index in [4.69, 9.17) is 11.6 Å². The van der Waals surface area contributed by atoms with Crippen LogP contribution in [0.3, 0.4) is 0 Å². The molecule has 0 atom stereocenters. The fourth-order valence-electron chi connectivity index (χ4n) is 2.25. The van der Waals surface area contributed by atoms with Crippen molar-refractivity contribution in [3.63, 3.8) is 0 Å². The molecular weight excluding hydrogens is 342 g/mol. The van der Waals surface area contributed by atoms with Gasteiger partial charge >= 0.3 is 6.03 Å². The molecule has 0 spiro atoms. The number of amides is 3. The summed E-state index contributed by atoms with van der Waals surface area (Å²) in [7, 11) is -3.80. The lowest BCUT2D eigenvalue weighted by Crippen LogP contribution is -2.31. The van der Waals surface area contributed by atoms with Gasteiger partial charge in [-0.3, -0.25) is 15.0 Å². The summed E-state index contributed by atoms with van der Waals surface area (Å²) in [6, 6.07) is 3.40. The Balaban J connectivity index is 2.55. The Hall–Kier alpha value is -1.90. The summed E-state index contributed by atoms with van der Waals surface area (Å²) < 4.78 is 26.5. The smallest absolute Gasteiger partial charge is 0.272 e. The molecule has 0 aliphatic carbocycles. The first-order valence-electron chi connectivity index (χ1n) is 6.88. The number of halogens is 1. The van der Waals surface area contributed by atoms with E-state index in [1.807, 2.05) is 0 Å². The van der Waals surface area contributed by atoms with Crippen molar-refractivity contribution in [3.8, 4) is 0 Å². The zero-order valence-corrected chi connectivity index (χ0v) is 14.2. The fraction of sp³-hybridized carbons (Fsp3) is 0.286. The average molecular weight is 358 g/mol. The van der Waals surface area contributed by atoms with Gasteiger partial charge in [-0.25, -0.2) is 13.2 Å². The number of urea groups is 1. The maximum absolute atomic E-state index is 12.6. The normalized spacial score (nSPS) is 15.5. The Bertz CT molecular complexity index is 787. The number of rotatable bonds is 5. The number of imide groups is 1. The molecule has 7 nitrogen and oxygen atoms in total. The first-order chi connectivity index (χ1) is 10.7. The number of carbonyl (C=O) groups excluding carboxylic acids is 2. The summed E-state index contributed by atoms with van der Waals surface area (Å²) in [5.41, 5.74) is 0.122. The SMILES string of the molecule is C=C1C(=O)NC(=O)N1c1ccc(Cl)c(S(=O)(=O)N(CC)CC)c1. The van der Waals surface area contributed by atoms with Crippen LogP contribution in [0.25, 0.3) is 0 Å². The van der Waals surface area contributed by atoms with Crippen molar-refractivity contribution >= 4 is 39.2 Å². The Morgan fingerprint density at radius 3 is 2.35 bits per heavy atom. The third-order valence-corrected chi connectivity index (χ3v) is 5.98. The topological polar surface area (TPSA) is 86.8 Å². The molecule has 1 aromatic carbocycles. The van der Waals surface area contributed by atoms with Gasteiger partial charge in [-0.15, -0.1) is 0 Å². The van der Waals surface area contributed by atoms with Gasteiger partial charge in [0.25, 0.3) is 5.91 Å². The van der Waals surface area contributed by atoms with E-state index >= 15 is 0 Å². The lowest BCUT2D eigenvalue weighted by atomic mass is 10.3. The Morgan fingerprint density at radius 1 is 1.26 bits per heavy atom. The number of hydrogen-bond acceptors (Lipinski definition) is 4. The van der Waals surface area contributed by atoms with E-state index in [1.165, 1.54) is 22.5 Å². The predicted octanol–water partition coefficient (Wildman–Crippen LogP) is 1.94. The summed E-state index contributed by atoms with van der Waals surface area (Å²) in [4.78, 5) is 24.2. The number of carbonyl (C=O) groups is 2. The average Bonchev–Trinajstić information content (AvgIpc) is 2.74. The monoisotopic (exact) mass is 357 g/mol. The van der Waals surface area contributed by atoms with Crippen molar-refractivity contribution in [1.82, 2.24) is 9.62 Å². The number of benzene rings is 1. The largest absolute Gasteiger partial charge is 0.333 e. The summed E-state index contributed by atoms with van der Waals surface area (Å²) >= 11 is 6.03. The highest BCUT2D eigenvalue weighted by Gasteiger charge is 2.34. The van der Waals surface area contributed by atoms with Crippen LogP contribution in [-0.4, -0.2) is 37.8 Å². The van der Waals surface area contributed by atoms with Crippen LogP contribution >= 0.6 is 11.6 Å². The van der Waals surface area contributed by atoms with E-state index in [-0.39, 0.29) is 34.4 Å². The molecule has 1 fully saturated rings. The van der Waals surface area contributed by atoms with Crippen LogP contribution in [0, 0.1) is 0 Å². The van der Waals surface area contributed by atoms with Crippen LogP contribution in [0.2, 0.25) is 5.02 Å². The van der Waals surface area contributed by atoms with Gasteiger partial charge < -0.3 is 0 Å². The molecule has 1 heterocycles.